The molecule has 0 spiro atoms. The summed E-state index contributed by atoms with van der Waals surface area (Å²) >= 11 is 0. The van der Waals surface area contributed by atoms with Crippen LogP contribution in [0, 0.1) is 13.8 Å². The van der Waals surface area contributed by atoms with E-state index in [0.717, 1.165) is 47.1 Å². The Morgan fingerprint density at radius 2 is 1.86 bits per heavy atom. The number of hydrogen-bond donors (Lipinski definition) is 1. The number of aryl methyl sites for hydroxylation is 2. The largest absolute Gasteiger partial charge is 0.321 e. The summed E-state index contributed by atoms with van der Waals surface area (Å²) in [5.74, 6) is 0.871. The first-order chi connectivity index (χ1) is 17.5. The summed E-state index contributed by atoms with van der Waals surface area (Å²) < 4.78 is 1.93. The standard InChI is InChI=1S/C29H36N6O/c1-4-26(28-31-32-33-35(28)18-22-11-7-5-8-12-22)34(25-13-9-6-10-14-25)19-24-17-23-16-15-20(2)21(3)27(23)30-29(24)36/h5,7-8,11-12,15-17,25-26H,4,6,9-10,13-14,18-19H2,1-3H3,(H,30,36). The van der Waals surface area contributed by atoms with Crippen molar-refractivity contribution in [1.29, 1.82) is 0 Å². The van der Waals surface area contributed by atoms with Gasteiger partial charge in [0.25, 0.3) is 5.56 Å². The molecule has 0 amide bonds. The molecule has 5 rings (SSSR count). The average molecular weight is 485 g/mol. The van der Waals surface area contributed by atoms with Crippen LogP contribution in [0.1, 0.15) is 79.6 Å². The highest BCUT2D eigenvalue weighted by Gasteiger charge is 2.32. The minimum atomic E-state index is -0.00394. The minimum Gasteiger partial charge on any atom is -0.321 e. The van der Waals surface area contributed by atoms with E-state index in [1.807, 2.05) is 22.9 Å². The molecule has 1 unspecified atom stereocenters. The van der Waals surface area contributed by atoms with E-state index >= 15 is 0 Å². The maximum atomic E-state index is 13.3. The number of aromatic amines is 1. The number of fused-ring (bicyclic) bond motifs is 1. The van der Waals surface area contributed by atoms with E-state index in [1.54, 1.807) is 0 Å². The van der Waals surface area contributed by atoms with Gasteiger partial charge >= 0.3 is 0 Å². The molecule has 2 aromatic heterocycles. The molecule has 1 saturated carbocycles. The van der Waals surface area contributed by atoms with Crippen LogP contribution in [-0.2, 0) is 13.1 Å². The fourth-order valence-corrected chi connectivity index (χ4v) is 5.68. The quantitative estimate of drug-likeness (QED) is 0.359. The number of nitrogens with one attached hydrogen (secondary N) is 1. The zero-order chi connectivity index (χ0) is 25.1. The Kier molecular flexibility index (Phi) is 7.28. The lowest BCUT2D eigenvalue weighted by Gasteiger charge is -2.39. The van der Waals surface area contributed by atoms with Gasteiger partial charge in [0.1, 0.15) is 0 Å². The minimum absolute atomic E-state index is 0.00394. The molecule has 1 aliphatic rings. The highest BCUT2D eigenvalue weighted by atomic mass is 16.1. The summed E-state index contributed by atoms with van der Waals surface area (Å²) in [6.07, 6.45) is 6.87. The monoisotopic (exact) mass is 484 g/mol. The molecule has 0 bridgehead atoms. The second-order valence-corrected chi connectivity index (χ2v) is 10.2. The molecule has 36 heavy (non-hydrogen) atoms. The van der Waals surface area contributed by atoms with Gasteiger partial charge in [-0.15, -0.1) is 5.10 Å². The van der Waals surface area contributed by atoms with E-state index in [4.69, 9.17) is 0 Å². The van der Waals surface area contributed by atoms with Crippen molar-refractivity contribution in [2.45, 2.75) is 84.5 Å². The summed E-state index contributed by atoms with van der Waals surface area (Å²) in [5.41, 5.74) is 5.22. The van der Waals surface area contributed by atoms with Crippen molar-refractivity contribution in [2.24, 2.45) is 0 Å². The molecule has 7 heteroatoms. The average Bonchev–Trinajstić information content (AvgIpc) is 3.35. The predicted molar refractivity (Wildman–Crippen MR) is 143 cm³/mol. The molecule has 2 aromatic carbocycles. The predicted octanol–water partition coefficient (Wildman–Crippen LogP) is 5.47. The fourth-order valence-electron chi connectivity index (χ4n) is 5.68. The van der Waals surface area contributed by atoms with E-state index in [1.165, 1.54) is 30.4 Å². The van der Waals surface area contributed by atoms with Gasteiger partial charge in [-0.3, -0.25) is 9.69 Å². The molecular weight excluding hydrogens is 448 g/mol. The Labute approximate surface area is 212 Å². The Morgan fingerprint density at radius 3 is 2.61 bits per heavy atom. The Balaban J connectivity index is 1.51. The van der Waals surface area contributed by atoms with Crippen LogP contribution in [0.25, 0.3) is 10.9 Å². The third kappa shape index (κ3) is 4.98. The molecule has 1 N–H and O–H groups in total. The lowest BCUT2D eigenvalue weighted by molar-refractivity contribution is 0.0844. The van der Waals surface area contributed by atoms with E-state index in [-0.39, 0.29) is 11.6 Å². The van der Waals surface area contributed by atoms with Gasteiger partial charge in [0.2, 0.25) is 0 Å². The maximum Gasteiger partial charge on any atom is 0.252 e. The second kappa shape index (κ2) is 10.7. The van der Waals surface area contributed by atoms with Crippen LogP contribution in [0.5, 0.6) is 0 Å². The molecule has 7 nitrogen and oxygen atoms in total. The lowest BCUT2D eigenvalue weighted by Crippen LogP contribution is -2.41. The summed E-state index contributed by atoms with van der Waals surface area (Å²) in [7, 11) is 0. The highest BCUT2D eigenvalue weighted by molar-refractivity contribution is 5.83. The van der Waals surface area contributed by atoms with Gasteiger partial charge in [0.05, 0.1) is 18.1 Å². The Morgan fingerprint density at radius 1 is 1.08 bits per heavy atom. The molecule has 1 fully saturated rings. The molecular formula is C29H36N6O. The fraction of sp³-hybridized carbons (Fsp3) is 0.448. The van der Waals surface area contributed by atoms with Crippen LogP contribution >= 0.6 is 0 Å². The van der Waals surface area contributed by atoms with Gasteiger partial charge in [-0.1, -0.05) is 68.7 Å². The van der Waals surface area contributed by atoms with Gasteiger partial charge in [0.15, 0.2) is 5.82 Å². The summed E-state index contributed by atoms with van der Waals surface area (Å²) in [6, 6.07) is 17.1. The van der Waals surface area contributed by atoms with Crippen molar-refractivity contribution in [2.75, 3.05) is 0 Å². The summed E-state index contributed by atoms with van der Waals surface area (Å²) in [4.78, 5) is 19.0. The molecule has 2 heterocycles. The molecule has 1 aliphatic carbocycles. The number of aromatic nitrogens is 5. The summed E-state index contributed by atoms with van der Waals surface area (Å²) in [5, 5.41) is 14.0. The number of hydrogen-bond acceptors (Lipinski definition) is 5. The van der Waals surface area contributed by atoms with Crippen molar-refractivity contribution in [3.8, 4) is 0 Å². The number of nitrogens with zero attached hydrogens (tertiary/aromatic N) is 5. The number of rotatable bonds is 8. The van der Waals surface area contributed by atoms with Crippen molar-refractivity contribution in [3.63, 3.8) is 0 Å². The highest BCUT2D eigenvalue weighted by Crippen LogP contribution is 2.33. The molecule has 0 radical (unpaired) electrons. The third-order valence-electron chi connectivity index (χ3n) is 7.84. The molecule has 0 saturated heterocycles. The maximum absolute atomic E-state index is 13.3. The van der Waals surface area contributed by atoms with E-state index < -0.39 is 0 Å². The van der Waals surface area contributed by atoms with Gasteiger partial charge in [-0.2, -0.15) is 0 Å². The second-order valence-electron chi connectivity index (χ2n) is 10.2. The van der Waals surface area contributed by atoms with Gasteiger partial charge in [0, 0.05) is 18.2 Å². The van der Waals surface area contributed by atoms with Crippen LogP contribution in [0.2, 0.25) is 0 Å². The van der Waals surface area contributed by atoms with Crippen molar-refractivity contribution < 1.29 is 0 Å². The molecule has 1 atom stereocenters. The van der Waals surface area contributed by atoms with E-state index in [9.17, 15) is 4.79 Å². The van der Waals surface area contributed by atoms with E-state index in [0.29, 0.717) is 19.1 Å². The number of benzene rings is 2. The first kappa shape index (κ1) is 24.4. The van der Waals surface area contributed by atoms with Crippen molar-refractivity contribution in [3.05, 3.63) is 87.0 Å². The number of tetrazole rings is 1. The van der Waals surface area contributed by atoms with Crippen LogP contribution in [0.3, 0.4) is 0 Å². The summed E-state index contributed by atoms with van der Waals surface area (Å²) in [6.45, 7) is 7.56. The first-order valence-corrected chi connectivity index (χ1v) is 13.2. The number of H-pyrrole nitrogens is 1. The van der Waals surface area contributed by atoms with Crippen LogP contribution in [0.4, 0.5) is 0 Å². The van der Waals surface area contributed by atoms with Crippen LogP contribution < -0.4 is 5.56 Å². The Hall–Kier alpha value is -3.32. The molecule has 0 aliphatic heterocycles. The number of pyridine rings is 1. The molecule has 188 valence electrons. The Bertz CT molecular complexity index is 1370. The van der Waals surface area contributed by atoms with Gasteiger partial charge in [-0.05, 0) is 71.7 Å². The third-order valence-corrected chi connectivity index (χ3v) is 7.84. The lowest BCUT2D eigenvalue weighted by atomic mass is 9.92. The zero-order valence-corrected chi connectivity index (χ0v) is 21.6. The topological polar surface area (TPSA) is 79.7 Å². The first-order valence-electron chi connectivity index (χ1n) is 13.2. The van der Waals surface area contributed by atoms with Crippen LogP contribution in [-0.4, -0.2) is 36.1 Å². The van der Waals surface area contributed by atoms with E-state index in [2.05, 4.69) is 76.5 Å². The SMILES string of the molecule is CCC(c1nnnn1Cc1ccccc1)N(Cc1cc2ccc(C)c(C)c2[nH]c1=O)C1CCCCC1. The molecule has 4 aromatic rings. The normalized spacial score (nSPS) is 15.6. The van der Waals surface area contributed by atoms with Crippen LogP contribution in [0.15, 0.2) is 53.3 Å². The van der Waals surface area contributed by atoms with Gasteiger partial charge < -0.3 is 4.98 Å². The van der Waals surface area contributed by atoms with Gasteiger partial charge in [-0.25, -0.2) is 4.68 Å². The zero-order valence-electron chi connectivity index (χ0n) is 21.6. The van der Waals surface area contributed by atoms with Crippen molar-refractivity contribution >= 4 is 10.9 Å². The smallest absolute Gasteiger partial charge is 0.252 e. The van der Waals surface area contributed by atoms with Crippen molar-refractivity contribution in [1.82, 2.24) is 30.1 Å².